The van der Waals surface area contributed by atoms with E-state index in [0.717, 1.165) is 17.8 Å². The molecule has 2 saturated carbocycles. The van der Waals surface area contributed by atoms with Crippen LogP contribution in [0, 0.1) is 17.8 Å². The lowest BCUT2D eigenvalue weighted by Crippen LogP contribution is -2.25. The predicted octanol–water partition coefficient (Wildman–Crippen LogP) is 7.83. The Labute approximate surface area is 172 Å². The van der Waals surface area contributed by atoms with E-state index in [-0.39, 0.29) is 0 Å². The van der Waals surface area contributed by atoms with E-state index in [2.05, 4.69) is 6.92 Å². The maximum atomic E-state index is 11.0. The first kappa shape index (κ1) is 21.4. The maximum absolute atomic E-state index is 11.0. The van der Waals surface area contributed by atoms with Gasteiger partial charge in [0.2, 0.25) is 0 Å². The molecule has 1 N–H and O–H groups in total. The van der Waals surface area contributed by atoms with Crippen LogP contribution in [0.15, 0.2) is 24.3 Å². The second-order valence-corrected chi connectivity index (χ2v) is 9.52. The van der Waals surface area contributed by atoms with Crippen molar-refractivity contribution >= 4 is 5.97 Å². The number of unbranched alkanes of at least 4 members (excludes halogenated alkanes) is 4. The highest BCUT2D eigenvalue weighted by Crippen LogP contribution is 2.44. The average Bonchev–Trinajstić information content (AvgIpc) is 2.74. The largest absolute Gasteiger partial charge is 0.478 e. The van der Waals surface area contributed by atoms with Gasteiger partial charge in [-0.3, -0.25) is 0 Å². The van der Waals surface area contributed by atoms with Crippen LogP contribution in [0.25, 0.3) is 0 Å². The van der Waals surface area contributed by atoms with Crippen molar-refractivity contribution in [2.24, 2.45) is 17.8 Å². The lowest BCUT2D eigenvalue weighted by atomic mass is 9.68. The molecule has 1 aromatic carbocycles. The molecule has 2 aliphatic carbocycles. The van der Waals surface area contributed by atoms with Crippen molar-refractivity contribution in [2.45, 2.75) is 103 Å². The highest BCUT2D eigenvalue weighted by Gasteiger charge is 2.31. The summed E-state index contributed by atoms with van der Waals surface area (Å²) in [7, 11) is 0. The minimum atomic E-state index is -0.827. The minimum absolute atomic E-state index is 0.402. The Balaban J connectivity index is 1.36. The van der Waals surface area contributed by atoms with Crippen molar-refractivity contribution in [2.75, 3.05) is 0 Å². The molecule has 0 aliphatic heterocycles. The van der Waals surface area contributed by atoms with Crippen LogP contribution in [0.3, 0.4) is 0 Å². The van der Waals surface area contributed by atoms with Gasteiger partial charge in [-0.2, -0.15) is 0 Å². The fourth-order valence-corrected chi connectivity index (χ4v) is 5.81. The van der Waals surface area contributed by atoms with Gasteiger partial charge in [-0.1, -0.05) is 70.4 Å². The molecule has 0 heterocycles. The molecular weight excluding hydrogens is 344 g/mol. The molecule has 0 bridgehead atoms. The summed E-state index contributed by atoms with van der Waals surface area (Å²) in [5.41, 5.74) is 1.75. The third-order valence-corrected chi connectivity index (χ3v) is 7.67. The Morgan fingerprint density at radius 2 is 1.39 bits per heavy atom. The Kier molecular flexibility index (Phi) is 8.43. The van der Waals surface area contributed by atoms with Crippen molar-refractivity contribution in [1.29, 1.82) is 0 Å². The number of rotatable bonds is 9. The maximum Gasteiger partial charge on any atom is 0.335 e. The van der Waals surface area contributed by atoms with Gasteiger partial charge in [0.05, 0.1) is 5.56 Å². The molecule has 3 rings (SSSR count). The first-order valence-corrected chi connectivity index (χ1v) is 12.0. The monoisotopic (exact) mass is 384 g/mol. The Hall–Kier alpha value is -1.31. The van der Waals surface area contributed by atoms with Crippen molar-refractivity contribution < 1.29 is 9.90 Å². The summed E-state index contributed by atoms with van der Waals surface area (Å²) in [6.07, 6.45) is 19.8. The molecule has 2 fully saturated rings. The van der Waals surface area contributed by atoms with Crippen LogP contribution in [-0.4, -0.2) is 11.1 Å². The molecule has 1 aromatic rings. The van der Waals surface area contributed by atoms with Gasteiger partial charge in [0.1, 0.15) is 0 Å². The normalized spacial score (nSPS) is 28.2. The molecule has 156 valence electrons. The van der Waals surface area contributed by atoms with Gasteiger partial charge in [-0.05, 0) is 79.9 Å². The van der Waals surface area contributed by atoms with Crippen molar-refractivity contribution in [3.8, 4) is 0 Å². The van der Waals surface area contributed by atoms with Crippen molar-refractivity contribution in [3.05, 3.63) is 35.4 Å². The predicted molar refractivity (Wildman–Crippen MR) is 117 cm³/mol. The van der Waals surface area contributed by atoms with Crippen LogP contribution in [-0.2, 0) is 0 Å². The van der Waals surface area contributed by atoms with E-state index in [1.807, 2.05) is 12.1 Å². The van der Waals surface area contributed by atoms with Crippen LogP contribution in [0.5, 0.6) is 0 Å². The molecule has 0 unspecified atom stereocenters. The van der Waals surface area contributed by atoms with E-state index in [1.165, 1.54) is 95.5 Å². The van der Waals surface area contributed by atoms with Gasteiger partial charge in [-0.15, -0.1) is 0 Å². The second-order valence-electron chi connectivity index (χ2n) is 9.52. The first-order valence-electron chi connectivity index (χ1n) is 12.0. The van der Waals surface area contributed by atoms with Gasteiger partial charge in [-0.25, -0.2) is 4.79 Å². The molecule has 0 aromatic heterocycles. The van der Waals surface area contributed by atoms with Gasteiger partial charge in [0, 0.05) is 0 Å². The summed E-state index contributed by atoms with van der Waals surface area (Å²) in [5.74, 6) is 2.75. The molecule has 2 aliphatic rings. The van der Waals surface area contributed by atoms with Gasteiger partial charge in [0.15, 0.2) is 0 Å². The molecular formula is C26H40O2. The molecule has 0 amide bonds. The fourth-order valence-electron chi connectivity index (χ4n) is 5.81. The van der Waals surface area contributed by atoms with Crippen molar-refractivity contribution in [1.82, 2.24) is 0 Å². The molecule has 2 heteroatoms. The Morgan fingerprint density at radius 3 is 1.96 bits per heavy atom. The van der Waals surface area contributed by atoms with Crippen LogP contribution >= 0.6 is 0 Å². The summed E-state index contributed by atoms with van der Waals surface area (Å²) in [4.78, 5) is 11.0. The highest BCUT2D eigenvalue weighted by molar-refractivity contribution is 5.87. The van der Waals surface area contributed by atoms with E-state index in [4.69, 9.17) is 5.11 Å². The second kappa shape index (κ2) is 11.0. The van der Waals surface area contributed by atoms with Crippen LogP contribution in [0.4, 0.5) is 0 Å². The quantitative estimate of drug-likeness (QED) is 0.440. The number of hydrogen-bond donors (Lipinski definition) is 1. The number of benzene rings is 1. The van der Waals surface area contributed by atoms with Crippen molar-refractivity contribution in [3.63, 3.8) is 0 Å². The van der Waals surface area contributed by atoms with E-state index in [9.17, 15) is 4.79 Å². The van der Waals surface area contributed by atoms with E-state index in [1.54, 1.807) is 12.1 Å². The summed E-state index contributed by atoms with van der Waals surface area (Å²) < 4.78 is 0. The molecule has 2 nitrogen and oxygen atoms in total. The van der Waals surface area contributed by atoms with E-state index in [0.29, 0.717) is 11.5 Å². The number of carboxylic acid groups (broad SMARTS) is 1. The molecule has 0 atom stereocenters. The van der Waals surface area contributed by atoms with Crippen LogP contribution in [0.1, 0.15) is 119 Å². The number of carboxylic acids is 1. The number of aromatic carboxylic acids is 1. The molecule has 28 heavy (non-hydrogen) atoms. The number of hydrogen-bond acceptors (Lipinski definition) is 1. The van der Waals surface area contributed by atoms with Gasteiger partial charge < -0.3 is 5.11 Å². The topological polar surface area (TPSA) is 37.3 Å². The average molecular weight is 385 g/mol. The summed E-state index contributed by atoms with van der Waals surface area (Å²) >= 11 is 0. The Morgan fingerprint density at radius 1 is 0.821 bits per heavy atom. The zero-order valence-corrected chi connectivity index (χ0v) is 17.9. The third-order valence-electron chi connectivity index (χ3n) is 7.67. The summed E-state index contributed by atoms with van der Waals surface area (Å²) in [5, 5.41) is 9.07. The van der Waals surface area contributed by atoms with Gasteiger partial charge >= 0.3 is 5.97 Å². The van der Waals surface area contributed by atoms with Crippen LogP contribution < -0.4 is 0 Å². The fraction of sp³-hybridized carbons (Fsp3) is 0.731. The zero-order chi connectivity index (χ0) is 19.8. The minimum Gasteiger partial charge on any atom is -0.478 e. The van der Waals surface area contributed by atoms with Crippen LogP contribution in [0.2, 0.25) is 0 Å². The molecule has 0 saturated heterocycles. The van der Waals surface area contributed by atoms with Gasteiger partial charge in [0.25, 0.3) is 0 Å². The zero-order valence-electron chi connectivity index (χ0n) is 17.9. The standard InChI is InChI=1S/C26H40O2/c1-2-3-4-5-6-7-20-8-10-21(11-9-20)22-12-14-23(15-13-22)24-16-18-25(19-17-24)26(27)28/h16-23H,2-15H2,1H3,(H,27,28). The van der Waals surface area contributed by atoms with E-state index >= 15 is 0 Å². The third kappa shape index (κ3) is 6.09. The summed E-state index contributed by atoms with van der Waals surface area (Å²) in [6, 6.07) is 7.63. The molecule has 0 radical (unpaired) electrons. The summed E-state index contributed by atoms with van der Waals surface area (Å²) in [6.45, 7) is 2.30. The lowest BCUT2D eigenvalue weighted by Gasteiger charge is -2.38. The Bertz CT molecular complexity index is 575. The smallest absolute Gasteiger partial charge is 0.335 e. The first-order chi connectivity index (χ1) is 13.7. The highest BCUT2D eigenvalue weighted by atomic mass is 16.4. The molecule has 0 spiro atoms. The lowest BCUT2D eigenvalue weighted by molar-refractivity contribution is 0.0697. The number of carbonyl (C=O) groups is 1. The van der Waals surface area contributed by atoms with E-state index < -0.39 is 5.97 Å². The SMILES string of the molecule is CCCCCCCC1CCC(C2CCC(c3ccc(C(=O)O)cc3)CC2)CC1.